The van der Waals surface area contributed by atoms with Gasteiger partial charge in [0.15, 0.2) is 0 Å². The molecule has 1 aromatic carbocycles. The summed E-state index contributed by atoms with van der Waals surface area (Å²) >= 11 is 0. The van der Waals surface area contributed by atoms with E-state index in [1.165, 1.54) is 18.4 Å². The van der Waals surface area contributed by atoms with Gasteiger partial charge in [-0.25, -0.2) is 9.59 Å². The molecule has 1 atom stereocenters. The van der Waals surface area contributed by atoms with Gasteiger partial charge >= 0.3 is 12.0 Å². The van der Waals surface area contributed by atoms with Crippen molar-refractivity contribution in [1.29, 1.82) is 0 Å². The lowest BCUT2D eigenvalue weighted by atomic mass is 10.2. The van der Waals surface area contributed by atoms with E-state index in [2.05, 4.69) is 10.6 Å². The monoisotopic (exact) mass is 274 g/mol. The number of urea groups is 1. The summed E-state index contributed by atoms with van der Waals surface area (Å²) in [6, 6.07) is 8.80. The van der Waals surface area contributed by atoms with Crippen LogP contribution in [0.25, 0.3) is 0 Å². The van der Waals surface area contributed by atoms with Gasteiger partial charge in [-0.05, 0) is 37.3 Å². The van der Waals surface area contributed by atoms with Gasteiger partial charge in [0.1, 0.15) is 5.76 Å². The predicted molar refractivity (Wildman–Crippen MR) is 72.7 cm³/mol. The number of carbonyl (C=O) groups is 2. The number of benzene rings is 1. The van der Waals surface area contributed by atoms with Crippen LogP contribution in [0, 0.1) is 0 Å². The van der Waals surface area contributed by atoms with Gasteiger partial charge in [0.2, 0.25) is 0 Å². The lowest BCUT2D eigenvalue weighted by molar-refractivity contribution is 0.0697. The van der Waals surface area contributed by atoms with Crippen molar-refractivity contribution in [2.24, 2.45) is 0 Å². The molecule has 2 rings (SSSR count). The molecule has 0 aliphatic carbocycles. The molecule has 0 saturated carbocycles. The smallest absolute Gasteiger partial charge is 0.335 e. The van der Waals surface area contributed by atoms with Gasteiger partial charge in [-0.1, -0.05) is 6.07 Å². The molecule has 3 N–H and O–H groups in total. The van der Waals surface area contributed by atoms with E-state index in [9.17, 15) is 9.59 Å². The maximum absolute atomic E-state index is 11.8. The number of amides is 2. The van der Waals surface area contributed by atoms with Crippen LogP contribution in [0.3, 0.4) is 0 Å². The minimum Gasteiger partial charge on any atom is -0.478 e. The van der Waals surface area contributed by atoms with Crippen LogP contribution in [0.4, 0.5) is 10.5 Å². The van der Waals surface area contributed by atoms with Crippen molar-refractivity contribution in [3.05, 3.63) is 54.0 Å². The highest BCUT2D eigenvalue weighted by Gasteiger charge is 2.12. The van der Waals surface area contributed by atoms with Crippen molar-refractivity contribution in [1.82, 2.24) is 5.32 Å². The third-order valence-electron chi connectivity index (χ3n) is 2.68. The molecule has 0 bridgehead atoms. The van der Waals surface area contributed by atoms with Gasteiger partial charge in [-0.2, -0.15) is 0 Å². The fourth-order valence-corrected chi connectivity index (χ4v) is 1.70. The summed E-state index contributed by atoms with van der Waals surface area (Å²) in [5.74, 6) is -0.405. The Morgan fingerprint density at radius 2 is 2.05 bits per heavy atom. The molecule has 0 aliphatic rings. The highest BCUT2D eigenvalue weighted by molar-refractivity contribution is 5.93. The van der Waals surface area contributed by atoms with Gasteiger partial charge in [-0.15, -0.1) is 0 Å². The van der Waals surface area contributed by atoms with Crippen molar-refractivity contribution < 1.29 is 19.1 Å². The lowest BCUT2D eigenvalue weighted by Crippen LogP contribution is -2.31. The Balaban J connectivity index is 1.98. The minimum absolute atomic E-state index is 0.113. The molecule has 1 heterocycles. The van der Waals surface area contributed by atoms with Crippen LogP contribution >= 0.6 is 0 Å². The molecule has 0 radical (unpaired) electrons. The van der Waals surface area contributed by atoms with E-state index in [1.807, 2.05) is 0 Å². The molecule has 0 fully saturated rings. The van der Waals surface area contributed by atoms with Crippen molar-refractivity contribution >= 4 is 17.7 Å². The molecule has 0 saturated heterocycles. The summed E-state index contributed by atoms with van der Waals surface area (Å²) in [5, 5.41) is 14.1. The maximum atomic E-state index is 11.8. The average molecular weight is 274 g/mol. The first kappa shape index (κ1) is 13.7. The number of nitrogens with one attached hydrogen (secondary N) is 2. The van der Waals surface area contributed by atoms with Gasteiger partial charge in [0.25, 0.3) is 0 Å². The normalized spacial score (nSPS) is 11.7. The number of aromatic carboxylic acids is 1. The number of furan rings is 1. The standard InChI is InChI=1S/C14H14N2O4/c1-9(12-6-3-7-20-12)15-14(19)16-11-5-2-4-10(8-11)13(17)18/h2-9H,1H3,(H,17,18)(H2,15,16,19). The van der Waals surface area contributed by atoms with Gasteiger partial charge in [0.05, 0.1) is 17.9 Å². The van der Waals surface area contributed by atoms with Crippen molar-refractivity contribution in [3.63, 3.8) is 0 Å². The second-order valence-electron chi connectivity index (χ2n) is 4.22. The zero-order valence-corrected chi connectivity index (χ0v) is 10.8. The first-order chi connectivity index (χ1) is 9.56. The van der Waals surface area contributed by atoms with Gasteiger partial charge in [0, 0.05) is 5.69 Å². The Labute approximate surface area is 115 Å². The highest BCUT2D eigenvalue weighted by atomic mass is 16.4. The summed E-state index contributed by atoms with van der Waals surface area (Å²) in [7, 11) is 0. The van der Waals surface area contributed by atoms with E-state index in [4.69, 9.17) is 9.52 Å². The van der Waals surface area contributed by atoms with Crippen LogP contribution < -0.4 is 10.6 Å². The van der Waals surface area contributed by atoms with Crippen molar-refractivity contribution in [2.75, 3.05) is 5.32 Å². The molecule has 0 aliphatic heterocycles. The Morgan fingerprint density at radius 1 is 1.25 bits per heavy atom. The predicted octanol–water partition coefficient (Wildman–Crippen LogP) is 2.86. The zero-order chi connectivity index (χ0) is 14.5. The van der Waals surface area contributed by atoms with Crippen LogP contribution in [0.1, 0.15) is 29.1 Å². The number of carbonyl (C=O) groups excluding carboxylic acids is 1. The summed E-state index contributed by atoms with van der Waals surface area (Å²) in [6.07, 6.45) is 1.53. The minimum atomic E-state index is -1.04. The van der Waals surface area contributed by atoms with E-state index in [0.717, 1.165) is 0 Å². The Morgan fingerprint density at radius 3 is 2.70 bits per heavy atom. The van der Waals surface area contributed by atoms with Crippen LogP contribution in [0.2, 0.25) is 0 Å². The number of hydrogen-bond donors (Lipinski definition) is 3. The topological polar surface area (TPSA) is 91.6 Å². The zero-order valence-electron chi connectivity index (χ0n) is 10.8. The second kappa shape index (κ2) is 5.92. The van der Waals surface area contributed by atoms with Crippen LogP contribution in [0.5, 0.6) is 0 Å². The molecule has 104 valence electrons. The van der Waals surface area contributed by atoms with E-state index in [1.54, 1.807) is 31.2 Å². The number of carboxylic acid groups (broad SMARTS) is 1. The molecule has 1 unspecified atom stereocenters. The lowest BCUT2D eigenvalue weighted by Gasteiger charge is -2.12. The molecule has 6 heteroatoms. The number of carboxylic acids is 1. The van der Waals surface area contributed by atoms with E-state index >= 15 is 0 Å². The molecule has 2 amide bonds. The largest absolute Gasteiger partial charge is 0.478 e. The molecular formula is C14H14N2O4. The third kappa shape index (κ3) is 3.38. The van der Waals surface area contributed by atoms with Crippen LogP contribution in [0.15, 0.2) is 47.1 Å². The molecule has 2 aromatic rings. The van der Waals surface area contributed by atoms with Crippen molar-refractivity contribution in [3.8, 4) is 0 Å². The molecule has 20 heavy (non-hydrogen) atoms. The quantitative estimate of drug-likeness (QED) is 0.799. The molecule has 0 spiro atoms. The van der Waals surface area contributed by atoms with Gasteiger partial charge < -0.3 is 20.2 Å². The summed E-state index contributed by atoms with van der Waals surface area (Å²) in [6.45, 7) is 1.78. The average Bonchev–Trinajstić information content (AvgIpc) is 2.92. The fraction of sp³-hybridized carbons (Fsp3) is 0.143. The SMILES string of the molecule is CC(NC(=O)Nc1cccc(C(=O)O)c1)c1ccco1. The Kier molecular flexibility index (Phi) is 4.05. The maximum Gasteiger partial charge on any atom is 0.335 e. The van der Waals surface area contributed by atoms with Crippen LogP contribution in [-0.2, 0) is 0 Å². The molecule has 6 nitrogen and oxygen atoms in total. The summed E-state index contributed by atoms with van der Waals surface area (Å²) in [4.78, 5) is 22.6. The second-order valence-corrected chi connectivity index (χ2v) is 4.22. The Hall–Kier alpha value is -2.76. The highest BCUT2D eigenvalue weighted by Crippen LogP contribution is 2.14. The fourth-order valence-electron chi connectivity index (χ4n) is 1.70. The Bertz CT molecular complexity index is 607. The van der Waals surface area contributed by atoms with Crippen LogP contribution in [-0.4, -0.2) is 17.1 Å². The van der Waals surface area contributed by atoms with Gasteiger partial charge in [-0.3, -0.25) is 0 Å². The van der Waals surface area contributed by atoms with Crippen molar-refractivity contribution in [2.45, 2.75) is 13.0 Å². The number of rotatable bonds is 4. The van der Waals surface area contributed by atoms with E-state index in [-0.39, 0.29) is 11.6 Å². The molecular weight excluding hydrogens is 260 g/mol. The number of hydrogen-bond acceptors (Lipinski definition) is 3. The van der Waals surface area contributed by atoms with E-state index < -0.39 is 12.0 Å². The first-order valence-electron chi connectivity index (χ1n) is 6.00. The van der Waals surface area contributed by atoms with E-state index in [0.29, 0.717) is 11.4 Å². The summed E-state index contributed by atoms with van der Waals surface area (Å²) < 4.78 is 5.18. The number of anilines is 1. The summed E-state index contributed by atoms with van der Waals surface area (Å²) in [5.41, 5.74) is 0.524. The third-order valence-corrected chi connectivity index (χ3v) is 2.68. The first-order valence-corrected chi connectivity index (χ1v) is 6.00. The molecule has 1 aromatic heterocycles.